The van der Waals surface area contributed by atoms with E-state index in [4.69, 9.17) is 17.3 Å². The van der Waals surface area contributed by atoms with E-state index < -0.39 is 0 Å². The second kappa shape index (κ2) is 5.47. The summed E-state index contributed by atoms with van der Waals surface area (Å²) in [4.78, 5) is 0. The third kappa shape index (κ3) is 4.18. The highest BCUT2D eigenvalue weighted by Gasteiger charge is 2.08. The number of rotatable bonds is 4. The fraction of sp³-hybridized carbons (Fsp3) is 0.500. The zero-order valence-corrected chi connectivity index (χ0v) is 9.89. The van der Waals surface area contributed by atoms with E-state index in [2.05, 4.69) is 13.8 Å². The number of hydrogen-bond acceptors (Lipinski definition) is 1. The van der Waals surface area contributed by atoms with Gasteiger partial charge in [0.05, 0.1) is 5.02 Å². The van der Waals surface area contributed by atoms with Gasteiger partial charge in [-0.2, -0.15) is 0 Å². The molecule has 1 unspecified atom stereocenters. The molecule has 1 atom stereocenters. The fourth-order valence-corrected chi connectivity index (χ4v) is 1.78. The molecule has 1 aromatic carbocycles. The van der Waals surface area contributed by atoms with E-state index in [1.165, 1.54) is 6.07 Å². The standard InChI is InChI=1S/C12H17ClFN/c1-8(2)5-10(15)6-9-3-4-11(13)12(14)7-9/h3-4,7-8,10H,5-6,15H2,1-2H3. The van der Waals surface area contributed by atoms with Crippen LogP contribution in [0.15, 0.2) is 18.2 Å². The van der Waals surface area contributed by atoms with Gasteiger partial charge in [-0.05, 0) is 36.5 Å². The molecule has 0 aromatic heterocycles. The van der Waals surface area contributed by atoms with Gasteiger partial charge in [0.25, 0.3) is 0 Å². The molecule has 1 nitrogen and oxygen atoms in total. The Morgan fingerprint density at radius 2 is 2.07 bits per heavy atom. The van der Waals surface area contributed by atoms with Crippen molar-refractivity contribution in [1.82, 2.24) is 0 Å². The first-order valence-electron chi connectivity index (χ1n) is 5.18. The highest BCUT2D eigenvalue weighted by Crippen LogP contribution is 2.17. The van der Waals surface area contributed by atoms with Crippen molar-refractivity contribution in [3.8, 4) is 0 Å². The van der Waals surface area contributed by atoms with E-state index in [9.17, 15) is 4.39 Å². The average Bonchev–Trinajstić information content (AvgIpc) is 2.10. The lowest BCUT2D eigenvalue weighted by Crippen LogP contribution is -2.24. The molecule has 0 amide bonds. The Balaban J connectivity index is 2.60. The molecule has 0 saturated heterocycles. The van der Waals surface area contributed by atoms with Crippen molar-refractivity contribution >= 4 is 11.6 Å². The van der Waals surface area contributed by atoms with Crippen LogP contribution in [0.2, 0.25) is 5.02 Å². The molecule has 15 heavy (non-hydrogen) atoms. The van der Waals surface area contributed by atoms with Gasteiger partial charge in [0, 0.05) is 6.04 Å². The highest BCUT2D eigenvalue weighted by molar-refractivity contribution is 6.30. The Morgan fingerprint density at radius 1 is 1.40 bits per heavy atom. The van der Waals surface area contributed by atoms with Crippen molar-refractivity contribution in [2.75, 3.05) is 0 Å². The lowest BCUT2D eigenvalue weighted by atomic mass is 9.98. The van der Waals surface area contributed by atoms with E-state index in [-0.39, 0.29) is 16.9 Å². The molecule has 0 fully saturated rings. The summed E-state index contributed by atoms with van der Waals surface area (Å²) in [6.07, 6.45) is 1.65. The SMILES string of the molecule is CC(C)CC(N)Cc1ccc(Cl)c(F)c1. The van der Waals surface area contributed by atoms with Crippen LogP contribution in [-0.2, 0) is 6.42 Å². The van der Waals surface area contributed by atoms with Crippen molar-refractivity contribution in [2.24, 2.45) is 11.7 Å². The maximum Gasteiger partial charge on any atom is 0.142 e. The van der Waals surface area contributed by atoms with Crippen LogP contribution in [0.1, 0.15) is 25.8 Å². The van der Waals surface area contributed by atoms with Crippen LogP contribution in [0, 0.1) is 11.7 Å². The van der Waals surface area contributed by atoms with Gasteiger partial charge in [0.15, 0.2) is 0 Å². The molecule has 0 radical (unpaired) electrons. The molecule has 0 aliphatic carbocycles. The van der Waals surface area contributed by atoms with Crippen molar-refractivity contribution < 1.29 is 4.39 Å². The Labute approximate surface area is 95.4 Å². The summed E-state index contributed by atoms with van der Waals surface area (Å²) in [6, 6.07) is 4.95. The van der Waals surface area contributed by atoms with Crippen molar-refractivity contribution in [3.63, 3.8) is 0 Å². The smallest absolute Gasteiger partial charge is 0.142 e. The van der Waals surface area contributed by atoms with E-state index >= 15 is 0 Å². The predicted octanol–water partition coefficient (Wildman–Crippen LogP) is 3.40. The van der Waals surface area contributed by atoms with E-state index in [1.54, 1.807) is 6.07 Å². The van der Waals surface area contributed by atoms with Gasteiger partial charge in [-0.1, -0.05) is 31.5 Å². The topological polar surface area (TPSA) is 26.0 Å². The fourth-order valence-electron chi connectivity index (χ4n) is 1.66. The quantitative estimate of drug-likeness (QED) is 0.842. The summed E-state index contributed by atoms with van der Waals surface area (Å²) in [5.41, 5.74) is 6.85. The van der Waals surface area contributed by atoms with E-state index in [0.717, 1.165) is 12.0 Å². The monoisotopic (exact) mass is 229 g/mol. The first-order valence-corrected chi connectivity index (χ1v) is 5.56. The maximum atomic E-state index is 13.1. The summed E-state index contributed by atoms with van der Waals surface area (Å²) in [7, 11) is 0. The molecule has 1 rings (SSSR count). The Morgan fingerprint density at radius 3 is 2.60 bits per heavy atom. The first-order chi connectivity index (χ1) is 6.99. The number of halogens is 2. The summed E-state index contributed by atoms with van der Waals surface area (Å²) in [6.45, 7) is 4.25. The Kier molecular flexibility index (Phi) is 4.55. The van der Waals surface area contributed by atoms with Crippen molar-refractivity contribution in [1.29, 1.82) is 0 Å². The summed E-state index contributed by atoms with van der Waals surface area (Å²) < 4.78 is 13.1. The predicted molar refractivity (Wildman–Crippen MR) is 62.5 cm³/mol. The van der Waals surface area contributed by atoms with Gasteiger partial charge in [0.2, 0.25) is 0 Å². The molecule has 0 spiro atoms. The molecule has 0 heterocycles. The molecule has 84 valence electrons. The third-order valence-corrected chi connectivity index (χ3v) is 2.56. The zero-order chi connectivity index (χ0) is 11.4. The van der Waals surface area contributed by atoms with Gasteiger partial charge in [-0.25, -0.2) is 4.39 Å². The number of nitrogens with two attached hydrogens (primary N) is 1. The average molecular weight is 230 g/mol. The maximum absolute atomic E-state index is 13.1. The van der Waals surface area contributed by atoms with E-state index in [0.29, 0.717) is 12.3 Å². The summed E-state index contributed by atoms with van der Waals surface area (Å²) >= 11 is 5.60. The molecule has 2 N–H and O–H groups in total. The Bertz CT molecular complexity index is 325. The molecular formula is C12H17ClFN. The second-order valence-corrected chi connectivity index (χ2v) is 4.75. The Hall–Kier alpha value is -0.600. The molecule has 0 aliphatic rings. The lowest BCUT2D eigenvalue weighted by Gasteiger charge is -2.14. The number of hydrogen-bond donors (Lipinski definition) is 1. The first kappa shape index (κ1) is 12.5. The molecular weight excluding hydrogens is 213 g/mol. The molecule has 0 aliphatic heterocycles. The van der Waals surface area contributed by atoms with Crippen molar-refractivity contribution in [3.05, 3.63) is 34.6 Å². The van der Waals surface area contributed by atoms with Gasteiger partial charge in [0.1, 0.15) is 5.82 Å². The third-order valence-electron chi connectivity index (χ3n) is 2.26. The minimum atomic E-state index is -0.370. The van der Waals surface area contributed by atoms with Crippen LogP contribution < -0.4 is 5.73 Å². The highest BCUT2D eigenvalue weighted by atomic mass is 35.5. The van der Waals surface area contributed by atoms with Gasteiger partial charge in [-0.15, -0.1) is 0 Å². The van der Waals surface area contributed by atoms with Gasteiger partial charge < -0.3 is 5.73 Å². The van der Waals surface area contributed by atoms with Crippen LogP contribution in [0.3, 0.4) is 0 Å². The lowest BCUT2D eigenvalue weighted by molar-refractivity contribution is 0.492. The van der Waals surface area contributed by atoms with Gasteiger partial charge in [-0.3, -0.25) is 0 Å². The molecule has 0 saturated carbocycles. The minimum Gasteiger partial charge on any atom is -0.327 e. The minimum absolute atomic E-state index is 0.0885. The summed E-state index contributed by atoms with van der Waals surface area (Å²) in [5.74, 6) is 0.197. The second-order valence-electron chi connectivity index (χ2n) is 4.34. The van der Waals surface area contributed by atoms with Crippen molar-refractivity contribution in [2.45, 2.75) is 32.7 Å². The molecule has 0 bridgehead atoms. The van der Waals surface area contributed by atoms with Crippen LogP contribution in [0.4, 0.5) is 4.39 Å². The van der Waals surface area contributed by atoms with Crippen LogP contribution in [0.5, 0.6) is 0 Å². The van der Waals surface area contributed by atoms with Crippen LogP contribution in [0.25, 0.3) is 0 Å². The normalized spacial score (nSPS) is 13.2. The van der Waals surface area contributed by atoms with Crippen LogP contribution in [-0.4, -0.2) is 6.04 Å². The number of benzene rings is 1. The molecule has 1 aromatic rings. The van der Waals surface area contributed by atoms with Gasteiger partial charge >= 0.3 is 0 Å². The largest absolute Gasteiger partial charge is 0.327 e. The van der Waals surface area contributed by atoms with E-state index in [1.807, 2.05) is 6.07 Å². The summed E-state index contributed by atoms with van der Waals surface area (Å²) in [5, 5.41) is 0.163. The molecule has 3 heteroatoms. The van der Waals surface area contributed by atoms with Crippen LogP contribution >= 0.6 is 11.6 Å². The zero-order valence-electron chi connectivity index (χ0n) is 9.13.